The van der Waals surface area contributed by atoms with Gasteiger partial charge in [-0.05, 0) is 57.4 Å². The maximum absolute atomic E-state index is 13.7. The smallest absolute Gasteiger partial charge is 0.417 e. The molecule has 0 radical (unpaired) electrons. The summed E-state index contributed by atoms with van der Waals surface area (Å²) in [6.07, 6.45) is 4.63. The lowest BCUT2D eigenvalue weighted by Crippen LogP contribution is -2.56. The summed E-state index contributed by atoms with van der Waals surface area (Å²) in [5, 5.41) is 0. The molecule has 2 rings (SSSR count). The molecule has 34 heavy (non-hydrogen) atoms. The second-order valence-electron chi connectivity index (χ2n) is 11.0. The molecule has 1 saturated heterocycles. The number of hydrogen-bond acceptors (Lipinski definition) is 5. The third-order valence-corrected chi connectivity index (χ3v) is 6.85. The molecule has 1 atom stereocenters. The highest BCUT2D eigenvalue weighted by atomic mass is 28.3. The van der Waals surface area contributed by atoms with Crippen LogP contribution in [0.2, 0.25) is 25.7 Å². The predicted molar refractivity (Wildman–Crippen MR) is 136 cm³/mol. The maximum atomic E-state index is 13.7. The van der Waals surface area contributed by atoms with Gasteiger partial charge in [0.2, 0.25) is 11.8 Å². The van der Waals surface area contributed by atoms with E-state index in [0.717, 1.165) is 22.3 Å². The Morgan fingerprint density at radius 2 is 1.79 bits per heavy atom. The Labute approximate surface area is 205 Å². The van der Waals surface area contributed by atoms with Crippen LogP contribution in [0.1, 0.15) is 45.6 Å². The molecule has 0 N–H and O–H groups in total. The number of nitrogens with zero attached hydrogens (tertiary/aromatic N) is 2. The Balaban J connectivity index is 2.28. The van der Waals surface area contributed by atoms with Crippen molar-refractivity contribution in [2.24, 2.45) is 0 Å². The molecule has 7 nitrogen and oxygen atoms in total. The summed E-state index contributed by atoms with van der Waals surface area (Å²) in [5.74, 6) is 0.135. The summed E-state index contributed by atoms with van der Waals surface area (Å²) in [6.45, 7) is 12.9. The Kier molecular flexibility index (Phi) is 9.50. The lowest BCUT2D eigenvalue weighted by Gasteiger charge is -2.36. The van der Waals surface area contributed by atoms with Gasteiger partial charge in [-0.25, -0.2) is 9.69 Å². The highest BCUT2D eigenvalue weighted by molar-refractivity contribution is 6.76. The SMILES string of the molecule is COc1ccc(CN(CC=CC[Si](C)(C)C)C(=O)C2CCCC(=O)N2C(=O)OC(C)(C)C)cc1. The number of imide groups is 1. The molecule has 1 unspecified atom stereocenters. The van der Waals surface area contributed by atoms with E-state index in [1.165, 1.54) is 0 Å². The standard InChI is InChI=1S/C26H40N2O5Si/c1-26(2,3)33-25(31)28-22(11-10-12-23(28)29)24(30)27(17-8-9-18-34(5,6)7)19-20-13-15-21(32-4)16-14-20/h8-9,13-16,22H,10-12,17-19H2,1-7H3. The summed E-state index contributed by atoms with van der Waals surface area (Å²) < 4.78 is 10.7. The predicted octanol–water partition coefficient (Wildman–Crippen LogP) is 5.23. The van der Waals surface area contributed by atoms with Gasteiger partial charge < -0.3 is 14.4 Å². The van der Waals surface area contributed by atoms with Crippen molar-refractivity contribution >= 4 is 26.0 Å². The highest BCUT2D eigenvalue weighted by Gasteiger charge is 2.41. The molecule has 8 heteroatoms. The first-order chi connectivity index (χ1) is 15.8. The monoisotopic (exact) mass is 488 g/mol. The van der Waals surface area contributed by atoms with Crippen LogP contribution in [0.5, 0.6) is 5.75 Å². The quantitative estimate of drug-likeness (QED) is 0.370. The minimum Gasteiger partial charge on any atom is -0.497 e. The van der Waals surface area contributed by atoms with Crippen molar-refractivity contribution in [1.82, 2.24) is 9.80 Å². The number of benzene rings is 1. The molecule has 3 amide bonds. The van der Waals surface area contributed by atoms with Gasteiger partial charge in [0.15, 0.2) is 0 Å². The number of hydrogen-bond donors (Lipinski definition) is 0. The molecule has 1 aliphatic rings. The first-order valence-corrected chi connectivity index (χ1v) is 15.6. The first kappa shape index (κ1) is 27.6. The highest BCUT2D eigenvalue weighted by Crippen LogP contribution is 2.24. The lowest BCUT2D eigenvalue weighted by atomic mass is 10.00. The van der Waals surface area contributed by atoms with Gasteiger partial charge in [0.1, 0.15) is 17.4 Å². The van der Waals surface area contributed by atoms with Gasteiger partial charge >= 0.3 is 6.09 Å². The average molecular weight is 489 g/mol. The number of carbonyl (C=O) groups excluding carboxylic acids is 3. The Morgan fingerprint density at radius 1 is 1.15 bits per heavy atom. The van der Waals surface area contributed by atoms with Crippen LogP contribution in [0.25, 0.3) is 0 Å². The fourth-order valence-electron chi connectivity index (χ4n) is 3.68. The van der Waals surface area contributed by atoms with Crippen molar-refractivity contribution in [2.45, 2.75) is 83.9 Å². The average Bonchev–Trinajstić information content (AvgIpc) is 2.73. The summed E-state index contributed by atoms with van der Waals surface area (Å²) in [5.41, 5.74) is 0.184. The Hall–Kier alpha value is -2.61. The first-order valence-electron chi connectivity index (χ1n) is 11.9. The third-order valence-electron chi connectivity index (χ3n) is 5.39. The van der Waals surface area contributed by atoms with Gasteiger partial charge in [-0.2, -0.15) is 0 Å². The largest absolute Gasteiger partial charge is 0.497 e. The van der Waals surface area contributed by atoms with Gasteiger partial charge in [0.05, 0.1) is 7.11 Å². The van der Waals surface area contributed by atoms with Gasteiger partial charge in [0, 0.05) is 27.6 Å². The maximum Gasteiger partial charge on any atom is 0.417 e. The third kappa shape index (κ3) is 8.63. The number of ether oxygens (including phenoxy) is 2. The van der Waals surface area contributed by atoms with Crippen molar-refractivity contribution in [2.75, 3.05) is 13.7 Å². The Morgan fingerprint density at radius 3 is 2.35 bits per heavy atom. The number of carbonyl (C=O) groups is 3. The molecule has 0 saturated carbocycles. The van der Waals surface area contributed by atoms with Crippen LogP contribution in [0.4, 0.5) is 4.79 Å². The molecule has 1 aromatic carbocycles. The fourth-order valence-corrected chi connectivity index (χ4v) is 4.55. The molecular weight excluding hydrogens is 448 g/mol. The van der Waals surface area contributed by atoms with Crippen LogP contribution in [-0.2, 0) is 20.9 Å². The van der Waals surface area contributed by atoms with Crippen LogP contribution in [0.15, 0.2) is 36.4 Å². The van der Waals surface area contributed by atoms with Crippen LogP contribution in [-0.4, -0.2) is 61.1 Å². The van der Waals surface area contributed by atoms with Crippen LogP contribution < -0.4 is 4.74 Å². The van der Waals surface area contributed by atoms with E-state index >= 15 is 0 Å². The van der Waals surface area contributed by atoms with Crippen molar-refractivity contribution in [1.29, 1.82) is 0 Å². The second kappa shape index (κ2) is 11.7. The number of piperidine rings is 1. The number of likely N-dealkylation sites (tertiary alicyclic amines) is 1. The van der Waals surface area contributed by atoms with Gasteiger partial charge in [-0.15, -0.1) is 0 Å². The second-order valence-corrected chi connectivity index (χ2v) is 16.5. The van der Waals surface area contributed by atoms with E-state index in [1.807, 2.05) is 30.3 Å². The van der Waals surface area contributed by atoms with E-state index in [1.54, 1.807) is 32.8 Å². The van der Waals surface area contributed by atoms with Crippen molar-refractivity contribution in [3.8, 4) is 5.75 Å². The summed E-state index contributed by atoms with van der Waals surface area (Å²) in [7, 11) is 0.361. The molecule has 0 spiro atoms. The summed E-state index contributed by atoms with van der Waals surface area (Å²) in [6, 6.07) is 7.71. The molecule has 0 aliphatic carbocycles. The number of allylic oxidation sites excluding steroid dienone is 1. The van der Waals surface area contributed by atoms with E-state index in [-0.39, 0.29) is 18.2 Å². The fraction of sp³-hybridized carbons (Fsp3) is 0.577. The topological polar surface area (TPSA) is 76.2 Å². The molecule has 1 aliphatic heterocycles. The van der Waals surface area contributed by atoms with E-state index in [0.29, 0.717) is 25.9 Å². The van der Waals surface area contributed by atoms with E-state index in [2.05, 4.69) is 25.7 Å². The molecule has 0 aromatic heterocycles. The zero-order valence-corrected chi connectivity index (χ0v) is 22.7. The Bertz CT molecular complexity index is 884. The van der Waals surface area contributed by atoms with E-state index < -0.39 is 25.8 Å². The van der Waals surface area contributed by atoms with Gasteiger partial charge in [-0.3, -0.25) is 9.59 Å². The van der Waals surface area contributed by atoms with Gasteiger partial charge in [-0.1, -0.05) is 43.9 Å². The van der Waals surface area contributed by atoms with Crippen molar-refractivity contribution in [3.05, 3.63) is 42.0 Å². The number of amides is 3. The van der Waals surface area contributed by atoms with Crippen LogP contribution in [0, 0.1) is 0 Å². The molecule has 1 aromatic rings. The van der Waals surface area contributed by atoms with Crippen molar-refractivity contribution < 1.29 is 23.9 Å². The van der Waals surface area contributed by atoms with E-state index in [4.69, 9.17) is 9.47 Å². The molecular formula is C26H40N2O5Si. The number of methoxy groups -OCH3 is 1. The van der Waals surface area contributed by atoms with Crippen LogP contribution in [0.3, 0.4) is 0 Å². The normalized spacial score (nSPS) is 17.1. The molecule has 1 fully saturated rings. The molecule has 0 bridgehead atoms. The molecule has 1 heterocycles. The van der Waals surface area contributed by atoms with Gasteiger partial charge in [0.25, 0.3) is 0 Å². The minimum atomic E-state index is -1.25. The summed E-state index contributed by atoms with van der Waals surface area (Å²) >= 11 is 0. The van der Waals surface area contributed by atoms with Crippen LogP contribution >= 0.6 is 0 Å². The minimum absolute atomic E-state index is 0.234. The zero-order chi connectivity index (χ0) is 25.5. The van der Waals surface area contributed by atoms with E-state index in [9.17, 15) is 14.4 Å². The molecule has 188 valence electrons. The lowest BCUT2D eigenvalue weighted by molar-refractivity contribution is -0.148. The van der Waals surface area contributed by atoms with Crippen molar-refractivity contribution in [3.63, 3.8) is 0 Å². The summed E-state index contributed by atoms with van der Waals surface area (Å²) in [4.78, 5) is 42.0. The zero-order valence-electron chi connectivity index (χ0n) is 21.7. The number of rotatable bonds is 8.